The zero-order valence-electron chi connectivity index (χ0n) is 15.4. The second-order valence-corrected chi connectivity index (χ2v) is 8.91. The van der Waals surface area contributed by atoms with Gasteiger partial charge in [-0.25, -0.2) is 13.1 Å². The Labute approximate surface area is 154 Å². The molecule has 1 heterocycles. The lowest BCUT2D eigenvalue weighted by atomic mass is 9.95. The van der Waals surface area contributed by atoms with Gasteiger partial charge in [0, 0.05) is 30.2 Å². The molecular formula is C17H24N4O4S. The van der Waals surface area contributed by atoms with E-state index in [2.05, 4.69) is 10.0 Å². The summed E-state index contributed by atoms with van der Waals surface area (Å²) in [6.07, 6.45) is 2.56. The lowest BCUT2D eigenvalue weighted by Crippen LogP contribution is -2.36. The molecule has 2 rings (SSSR count). The van der Waals surface area contributed by atoms with E-state index in [1.807, 2.05) is 6.19 Å². The monoisotopic (exact) mass is 380 g/mol. The molecule has 142 valence electrons. The highest BCUT2D eigenvalue weighted by Crippen LogP contribution is 2.28. The Morgan fingerprint density at radius 3 is 2.62 bits per heavy atom. The molecule has 1 aliphatic rings. The van der Waals surface area contributed by atoms with Gasteiger partial charge in [0.25, 0.3) is 0 Å². The van der Waals surface area contributed by atoms with Crippen LogP contribution < -0.4 is 14.8 Å². The van der Waals surface area contributed by atoms with Gasteiger partial charge in [-0.15, -0.1) is 0 Å². The van der Waals surface area contributed by atoms with Crippen molar-refractivity contribution in [2.24, 2.45) is 5.41 Å². The molecule has 26 heavy (non-hydrogen) atoms. The van der Waals surface area contributed by atoms with Crippen LogP contribution in [0.3, 0.4) is 0 Å². The number of ether oxygens (including phenoxy) is 1. The average Bonchev–Trinajstić information content (AvgIpc) is 3.00. The third kappa shape index (κ3) is 4.65. The van der Waals surface area contributed by atoms with Crippen LogP contribution in [-0.4, -0.2) is 45.5 Å². The topological polar surface area (TPSA) is 112 Å². The first-order chi connectivity index (χ1) is 12.1. The highest BCUT2D eigenvalue weighted by molar-refractivity contribution is 7.89. The molecule has 0 spiro atoms. The van der Waals surface area contributed by atoms with Gasteiger partial charge in [-0.3, -0.25) is 4.79 Å². The summed E-state index contributed by atoms with van der Waals surface area (Å²) in [5.74, 6) is -0.0409. The minimum Gasteiger partial charge on any atom is -0.495 e. The van der Waals surface area contributed by atoms with Crippen LogP contribution >= 0.6 is 0 Å². The minimum atomic E-state index is -3.87. The van der Waals surface area contributed by atoms with Gasteiger partial charge in [0.15, 0.2) is 6.19 Å². The third-order valence-electron chi connectivity index (χ3n) is 4.04. The van der Waals surface area contributed by atoms with Crippen molar-refractivity contribution in [3.8, 4) is 11.9 Å². The minimum absolute atomic E-state index is 0.0536. The largest absolute Gasteiger partial charge is 0.495 e. The summed E-state index contributed by atoms with van der Waals surface area (Å²) >= 11 is 0. The smallest absolute Gasteiger partial charge is 0.244 e. The summed E-state index contributed by atoms with van der Waals surface area (Å²) in [5.41, 5.74) is -0.238. The van der Waals surface area contributed by atoms with Crippen LogP contribution in [0.25, 0.3) is 0 Å². The third-order valence-corrected chi connectivity index (χ3v) is 5.59. The van der Waals surface area contributed by atoms with Crippen LogP contribution in [-0.2, 0) is 14.8 Å². The molecular weight excluding hydrogens is 356 g/mol. The predicted molar refractivity (Wildman–Crippen MR) is 97.0 cm³/mol. The molecule has 0 unspecified atom stereocenters. The molecule has 9 heteroatoms. The maximum absolute atomic E-state index is 12.8. The van der Waals surface area contributed by atoms with E-state index in [1.165, 1.54) is 24.1 Å². The molecule has 0 bridgehead atoms. The van der Waals surface area contributed by atoms with Crippen molar-refractivity contribution in [1.29, 1.82) is 5.26 Å². The maximum atomic E-state index is 12.8. The molecule has 0 saturated carbocycles. The summed E-state index contributed by atoms with van der Waals surface area (Å²) in [6, 6.07) is 4.12. The summed E-state index contributed by atoms with van der Waals surface area (Å²) in [6.45, 7) is 6.16. The number of hydrogen-bond acceptors (Lipinski definition) is 6. The molecule has 0 aliphatic carbocycles. The molecule has 1 atom stereocenters. The number of likely N-dealkylation sites (tertiary alicyclic amines) is 1. The van der Waals surface area contributed by atoms with Gasteiger partial charge in [0.2, 0.25) is 15.9 Å². The van der Waals surface area contributed by atoms with E-state index in [4.69, 9.17) is 10.00 Å². The van der Waals surface area contributed by atoms with Crippen molar-refractivity contribution in [3.05, 3.63) is 18.2 Å². The summed E-state index contributed by atoms with van der Waals surface area (Å²) in [7, 11) is -2.49. The Morgan fingerprint density at radius 1 is 1.38 bits per heavy atom. The molecule has 8 nitrogen and oxygen atoms in total. The Bertz CT molecular complexity index is 824. The number of nitrogens with zero attached hydrogens (tertiary/aromatic N) is 2. The summed E-state index contributed by atoms with van der Waals surface area (Å²) in [5, 5.41) is 11.6. The van der Waals surface area contributed by atoms with Crippen LogP contribution in [0.2, 0.25) is 0 Å². The molecule has 1 aromatic carbocycles. The number of benzene rings is 1. The number of carbonyl (C=O) groups is 1. The van der Waals surface area contributed by atoms with Crippen molar-refractivity contribution in [3.63, 3.8) is 0 Å². The molecule has 2 N–H and O–H groups in total. The number of nitrogens with one attached hydrogen (secondary N) is 2. The van der Waals surface area contributed by atoms with E-state index in [1.54, 1.807) is 26.8 Å². The van der Waals surface area contributed by atoms with Gasteiger partial charge in [0.05, 0.1) is 7.11 Å². The lowest BCUT2D eigenvalue weighted by molar-refractivity contribution is -0.123. The Balaban J connectivity index is 2.27. The van der Waals surface area contributed by atoms with Gasteiger partial charge in [-0.2, -0.15) is 5.26 Å². The van der Waals surface area contributed by atoms with E-state index in [0.29, 0.717) is 25.2 Å². The lowest BCUT2D eigenvalue weighted by Gasteiger charge is -2.19. The number of methoxy groups -OCH3 is 1. The van der Waals surface area contributed by atoms with Crippen LogP contribution in [0.5, 0.6) is 5.75 Å². The number of amides is 1. The number of anilines is 1. The second-order valence-electron chi connectivity index (χ2n) is 7.22. The molecule has 0 aromatic heterocycles. The molecule has 0 radical (unpaired) electrons. The highest BCUT2D eigenvalue weighted by Gasteiger charge is 2.29. The zero-order valence-corrected chi connectivity index (χ0v) is 16.2. The standard InChI is InChI=1S/C17H24N4O4S/c1-17(2,3)16(22)19-12-5-6-14(25-4)15(9-12)26(23,24)20-13-7-8-21(10-13)11-18/h5-6,9,13,20H,7-8,10H2,1-4H3,(H,19,22)/t13-/m1/s1. The quantitative estimate of drug-likeness (QED) is 0.749. The molecule has 1 fully saturated rings. The second kappa shape index (κ2) is 7.51. The SMILES string of the molecule is COc1ccc(NC(=O)C(C)(C)C)cc1S(=O)(=O)N[C@@H]1CCN(C#N)C1. The Morgan fingerprint density at radius 2 is 2.08 bits per heavy atom. The maximum Gasteiger partial charge on any atom is 0.244 e. The van der Waals surface area contributed by atoms with Crippen molar-refractivity contribution in [2.45, 2.75) is 38.1 Å². The zero-order chi connectivity index (χ0) is 19.5. The number of rotatable bonds is 5. The van der Waals surface area contributed by atoms with Crippen molar-refractivity contribution in [1.82, 2.24) is 9.62 Å². The van der Waals surface area contributed by atoms with E-state index in [0.717, 1.165) is 0 Å². The fourth-order valence-electron chi connectivity index (χ4n) is 2.51. The number of hydrogen-bond donors (Lipinski definition) is 2. The van der Waals surface area contributed by atoms with Crippen molar-refractivity contribution in [2.75, 3.05) is 25.5 Å². The van der Waals surface area contributed by atoms with Gasteiger partial charge < -0.3 is 15.0 Å². The Kier molecular flexibility index (Phi) is 5.78. The van der Waals surface area contributed by atoms with Crippen molar-refractivity contribution < 1.29 is 17.9 Å². The summed E-state index contributed by atoms with van der Waals surface area (Å²) in [4.78, 5) is 13.6. The van der Waals surface area contributed by atoms with Gasteiger partial charge in [-0.05, 0) is 24.6 Å². The fraction of sp³-hybridized carbons (Fsp3) is 0.529. The number of sulfonamides is 1. The molecule has 1 aromatic rings. The van der Waals surface area contributed by atoms with E-state index in [-0.39, 0.29) is 22.6 Å². The Hall–Kier alpha value is -2.31. The number of nitriles is 1. The molecule has 1 saturated heterocycles. The molecule has 1 aliphatic heterocycles. The van der Waals surface area contributed by atoms with E-state index in [9.17, 15) is 13.2 Å². The first-order valence-corrected chi connectivity index (χ1v) is 9.71. The van der Waals surface area contributed by atoms with Crippen molar-refractivity contribution >= 4 is 21.6 Å². The van der Waals surface area contributed by atoms with E-state index >= 15 is 0 Å². The van der Waals surface area contributed by atoms with Crippen LogP contribution in [0, 0.1) is 16.9 Å². The predicted octanol–water partition coefficient (Wildman–Crippen LogP) is 1.51. The summed E-state index contributed by atoms with van der Waals surface area (Å²) < 4.78 is 33.4. The molecule has 1 amide bonds. The average molecular weight is 380 g/mol. The van der Waals surface area contributed by atoms with E-state index < -0.39 is 15.4 Å². The van der Waals surface area contributed by atoms with Gasteiger partial charge >= 0.3 is 0 Å². The first kappa shape index (κ1) is 20.0. The fourth-order valence-corrected chi connectivity index (χ4v) is 3.97. The number of carbonyl (C=O) groups excluding carboxylic acids is 1. The van der Waals surface area contributed by atoms with Crippen LogP contribution in [0.15, 0.2) is 23.1 Å². The van der Waals surface area contributed by atoms with Crippen LogP contribution in [0.4, 0.5) is 5.69 Å². The van der Waals surface area contributed by atoms with Gasteiger partial charge in [0.1, 0.15) is 10.6 Å². The highest BCUT2D eigenvalue weighted by atomic mass is 32.2. The van der Waals surface area contributed by atoms with Crippen LogP contribution in [0.1, 0.15) is 27.2 Å². The first-order valence-electron chi connectivity index (χ1n) is 8.23. The normalized spacial score (nSPS) is 17.7. The van der Waals surface area contributed by atoms with Gasteiger partial charge in [-0.1, -0.05) is 20.8 Å².